The van der Waals surface area contributed by atoms with Crippen molar-refractivity contribution in [3.05, 3.63) is 94.5 Å². The summed E-state index contributed by atoms with van der Waals surface area (Å²) in [6, 6.07) is 22.8. The van der Waals surface area contributed by atoms with Crippen LogP contribution in [0.4, 0.5) is 5.69 Å². The third-order valence-electron chi connectivity index (χ3n) is 6.19. The van der Waals surface area contributed by atoms with E-state index in [4.69, 9.17) is 21.4 Å². The number of hydrogen-bond acceptors (Lipinski definition) is 6. The number of halogens is 1. The van der Waals surface area contributed by atoms with Gasteiger partial charge < -0.3 is 10.1 Å². The van der Waals surface area contributed by atoms with Crippen LogP contribution in [0.5, 0.6) is 5.75 Å². The van der Waals surface area contributed by atoms with E-state index >= 15 is 0 Å². The highest BCUT2D eigenvalue weighted by Crippen LogP contribution is 2.39. The largest absolute Gasteiger partial charge is 0.495 e. The van der Waals surface area contributed by atoms with Crippen molar-refractivity contribution in [3.8, 4) is 5.75 Å². The van der Waals surface area contributed by atoms with Crippen LogP contribution in [0.15, 0.2) is 82.9 Å². The van der Waals surface area contributed by atoms with Gasteiger partial charge in [0.05, 0.1) is 24.6 Å². The van der Waals surface area contributed by atoms with Gasteiger partial charge >= 0.3 is 0 Å². The van der Waals surface area contributed by atoms with Crippen molar-refractivity contribution in [3.63, 3.8) is 0 Å². The van der Waals surface area contributed by atoms with E-state index in [0.717, 1.165) is 22.4 Å². The van der Waals surface area contributed by atoms with Gasteiger partial charge in [-0.15, -0.1) is 0 Å². The fourth-order valence-corrected chi connectivity index (χ4v) is 5.55. The summed E-state index contributed by atoms with van der Waals surface area (Å²) in [6.45, 7) is 2.05. The summed E-state index contributed by atoms with van der Waals surface area (Å²) in [7, 11) is 1.54. The monoisotopic (exact) mass is 532 g/mol. The Balaban J connectivity index is 1.35. The Labute approximate surface area is 224 Å². The molecule has 2 heterocycles. The number of thioether (sulfide) groups is 1. The van der Waals surface area contributed by atoms with E-state index in [-0.39, 0.29) is 24.3 Å². The van der Waals surface area contributed by atoms with Crippen molar-refractivity contribution < 1.29 is 14.3 Å². The van der Waals surface area contributed by atoms with Crippen molar-refractivity contribution in [1.82, 2.24) is 5.01 Å². The molecule has 2 aliphatic heterocycles. The first-order chi connectivity index (χ1) is 17.9. The molecule has 0 saturated heterocycles. The van der Waals surface area contributed by atoms with Crippen molar-refractivity contribution in [2.45, 2.75) is 31.1 Å². The number of methoxy groups -OCH3 is 1. The number of nitrogens with one attached hydrogen (secondary N) is 1. The second kappa shape index (κ2) is 10.8. The molecule has 1 N–H and O–H groups in total. The minimum Gasteiger partial charge on any atom is -0.495 e. The molecule has 5 rings (SSSR count). The van der Waals surface area contributed by atoms with E-state index in [1.54, 1.807) is 19.2 Å². The van der Waals surface area contributed by atoms with Gasteiger partial charge in [0, 0.05) is 17.9 Å². The third kappa shape index (κ3) is 5.55. The average Bonchev–Trinajstić information content (AvgIpc) is 3.49. The molecule has 3 aromatic carbocycles. The van der Waals surface area contributed by atoms with Crippen LogP contribution in [0.2, 0.25) is 5.02 Å². The van der Waals surface area contributed by atoms with Crippen molar-refractivity contribution in [2.24, 2.45) is 10.1 Å². The minimum absolute atomic E-state index is 0.00867. The maximum absolute atomic E-state index is 12.8. The van der Waals surface area contributed by atoms with Crippen molar-refractivity contribution in [2.75, 3.05) is 12.4 Å². The number of amidine groups is 1. The maximum atomic E-state index is 12.8. The number of hydrazone groups is 1. The Kier molecular flexibility index (Phi) is 7.30. The summed E-state index contributed by atoms with van der Waals surface area (Å²) < 4.78 is 5.30. The Morgan fingerprint density at radius 3 is 2.68 bits per heavy atom. The Bertz CT molecular complexity index is 1410. The van der Waals surface area contributed by atoms with E-state index in [1.807, 2.05) is 60.5 Å². The summed E-state index contributed by atoms with van der Waals surface area (Å²) in [5, 5.41) is 10.1. The first-order valence-corrected chi connectivity index (χ1v) is 13.1. The van der Waals surface area contributed by atoms with Gasteiger partial charge in [-0.1, -0.05) is 77.5 Å². The van der Waals surface area contributed by atoms with E-state index in [0.29, 0.717) is 28.0 Å². The van der Waals surface area contributed by atoms with Gasteiger partial charge in [0.15, 0.2) is 5.17 Å². The Morgan fingerprint density at radius 1 is 1.14 bits per heavy atom. The van der Waals surface area contributed by atoms with Crippen LogP contribution in [0.3, 0.4) is 0 Å². The predicted octanol–water partition coefficient (Wildman–Crippen LogP) is 5.83. The van der Waals surface area contributed by atoms with Gasteiger partial charge in [-0.2, -0.15) is 10.1 Å². The summed E-state index contributed by atoms with van der Waals surface area (Å²) in [6.07, 6.45) is 0.642. The molecular weight excluding hydrogens is 508 g/mol. The average molecular weight is 533 g/mol. The van der Waals surface area contributed by atoms with Crippen molar-refractivity contribution in [1.29, 1.82) is 0 Å². The highest BCUT2D eigenvalue weighted by atomic mass is 35.5. The molecule has 7 nitrogen and oxygen atoms in total. The molecule has 0 bridgehead atoms. The molecule has 0 unspecified atom stereocenters. The van der Waals surface area contributed by atoms with Crippen LogP contribution in [0.25, 0.3) is 0 Å². The lowest BCUT2D eigenvalue weighted by molar-refractivity contribution is -0.121. The van der Waals surface area contributed by atoms with Gasteiger partial charge in [-0.3, -0.25) is 9.59 Å². The topological polar surface area (TPSA) is 83.4 Å². The van der Waals surface area contributed by atoms with Gasteiger partial charge in [0.2, 0.25) is 5.91 Å². The second-order valence-corrected chi connectivity index (χ2v) is 10.4. The molecule has 2 atom stereocenters. The van der Waals surface area contributed by atoms with Crippen molar-refractivity contribution >= 4 is 51.7 Å². The molecule has 188 valence electrons. The number of rotatable bonds is 6. The maximum Gasteiger partial charge on any atom is 0.262 e. The number of ether oxygens (including phenoxy) is 1. The van der Waals surface area contributed by atoms with E-state index in [2.05, 4.69) is 22.4 Å². The normalized spacial score (nSPS) is 19.0. The number of carbonyl (C=O) groups is 2. The van der Waals surface area contributed by atoms with Gasteiger partial charge in [-0.05, 0) is 42.3 Å². The zero-order chi connectivity index (χ0) is 25.9. The SMILES string of the molecule is COc1ccccc1NC(=O)C[C@H]1SC(N2N=C(c3ccc(Cl)cc3)C[C@@H]2c2cccc(C)c2)=NC1=O. The first-order valence-electron chi connectivity index (χ1n) is 11.8. The van der Waals surface area contributed by atoms with Gasteiger partial charge in [0.25, 0.3) is 5.91 Å². The number of hydrogen-bond donors (Lipinski definition) is 1. The molecule has 0 saturated carbocycles. The van der Waals surface area contributed by atoms with Crippen LogP contribution in [-0.2, 0) is 9.59 Å². The van der Waals surface area contributed by atoms with Crippen LogP contribution in [-0.4, -0.2) is 40.1 Å². The predicted molar refractivity (Wildman–Crippen MR) is 148 cm³/mol. The molecule has 0 spiro atoms. The molecule has 0 aliphatic carbocycles. The number of para-hydroxylation sites is 2. The molecule has 2 amide bonds. The highest BCUT2D eigenvalue weighted by Gasteiger charge is 2.39. The molecule has 37 heavy (non-hydrogen) atoms. The van der Waals surface area contributed by atoms with Crippen LogP contribution >= 0.6 is 23.4 Å². The standard InChI is InChI=1S/C28H25ClN4O3S/c1-17-6-5-7-19(14-17)23-15-22(18-10-12-20(29)13-11-18)32-33(23)28-31-27(35)25(37-28)16-26(34)30-21-8-3-4-9-24(21)36-2/h3-14,23,25H,15-16H2,1-2H3,(H,30,34)/t23-,25-/m1/s1. The Hall–Kier alpha value is -3.62. The zero-order valence-corrected chi connectivity index (χ0v) is 21.9. The van der Waals surface area contributed by atoms with Crippen LogP contribution in [0, 0.1) is 6.92 Å². The van der Waals surface area contributed by atoms with Crippen LogP contribution < -0.4 is 10.1 Å². The molecule has 2 aliphatic rings. The number of anilines is 1. The molecule has 0 fully saturated rings. The smallest absolute Gasteiger partial charge is 0.262 e. The number of aliphatic imine (C=N–C) groups is 1. The number of carbonyl (C=O) groups excluding carboxylic acids is 2. The van der Waals surface area contributed by atoms with E-state index in [9.17, 15) is 9.59 Å². The number of benzene rings is 3. The Morgan fingerprint density at radius 2 is 1.92 bits per heavy atom. The highest BCUT2D eigenvalue weighted by molar-refractivity contribution is 8.15. The third-order valence-corrected chi connectivity index (χ3v) is 7.59. The number of amides is 2. The number of aryl methyl sites for hydroxylation is 1. The number of nitrogens with zero attached hydrogens (tertiary/aromatic N) is 3. The summed E-state index contributed by atoms with van der Waals surface area (Å²) in [4.78, 5) is 29.9. The molecular formula is C28H25ClN4O3S. The molecule has 0 radical (unpaired) electrons. The quantitative estimate of drug-likeness (QED) is 0.431. The lowest BCUT2D eigenvalue weighted by atomic mass is 9.97. The second-order valence-electron chi connectivity index (χ2n) is 8.82. The fraction of sp³-hybridized carbons (Fsp3) is 0.214. The summed E-state index contributed by atoms with van der Waals surface area (Å²) in [5.41, 5.74) is 4.63. The molecule has 0 aromatic heterocycles. The van der Waals surface area contributed by atoms with E-state index < -0.39 is 5.25 Å². The van der Waals surface area contributed by atoms with Crippen LogP contribution in [0.1, 0.15) is 35.6 Å². The first kappa shape index (κ1) is 25.0. The fourth-order valence-electron chi connectivity index (χ4n) is 4.36. The summed E-state index contributed by atoms with van der Waals surface area (Å²) >= 11 is 7.36. The summed E-state index contributed by atoms with van der Waals surface area (Å²) in [5.74, 6) is -0.0672. The lowest BCUT2D eigenvalue weighted by Crippen LogP contribution is -2.25. The van der Waals surface area contributed by atoms with Gasteiger partial charge in [-0.25, -0.2) is 5.01 Å². The van der Waals surface area contributed by atoms with Gasteiger partial charge in [0.1, 0.15) is 11.0 Å². The van der Waals surface area contributed by atoms with E-state index in [1.165, 1.54) is 11.8 Å². The minimum atomic E-state index is -0.627. The zero-order valence-electron chi connectivity index (χ0n) is 20.3. The molecule has 9 heteroatoms. The lowest BCUT2D eigenvalue weighted by Gasteiger charge is -2.23. The molecule has 3 aromatic rings.